The van der Waals surface area contributed by atoms with Crippen LogP contribution in [0.4, 0.5) is 0 Å². The maximum atomic E-state index is 2.42. The van der Waals surface area contributed by atoms with Crippen molar-refractivity contribution in [3.8, 4) is 0 Å². The summed E-state index contributed by atoms with van der Waals surface area (Å²) >= 11 is 0. The molecule has 0 aliphatic carbocycles. The first kappa shape index (κ1) is 12.7. The van der Waals surface area contributed by atoms with Crippen LogP contribution >= 0.6 is 0 Å². The van der Waals surface area contributed by atoms with Gasteiger partial charge in [-0.15, -0.1) is 0 Å². The number of aryl methyl sites for hydroxylation is 1. The van der Waals surface area contributed by atoms with Gasteiger partial charge in [0.2, 0.25) is 0 Å². The SMILES string of the molecule is CN1Cc2ccccc2C(c2ccc3ccn(C)c3c2)C1. The van der Waals surface area contributed by atoms with Crippen molar-refractivity contribution >= 4 is 10.9 Å². The Bertz CT molecular complexity index is 800. The molecule has 1 aliphatic rings. The molecule has 0 radical (unpaired) electrons. The average molecular weight is 276 g/mol. The predicted molar refractivity (Wildman–Crippen MR) is 87.5 cm³/mol. The Labute approximate surface area is 125 Å². The summed E-state index contributed by atoms with van der Waals surface area (Å²) < 4.78 is 2.21. The van der Waals surface area contributed by atoms with E-state index in [0.717, 1.165) is 13.1 Å². The first-order chi connectivity index (χ1) is 10.2. The summed E-state index contributed by atoms with van der Waals surface area (Å²) in [5.74, 6) is 0.472. The van der Waals surface area contributed by atoms with Gasteiger partial charge in [0.05, 0.1) is 0 Å². The Morgan fingerprint density at radius 2 is 1.86 bits per heavy atom. The molecule has 2 aromatic carbocycles. The smallest absolute Gasteiger partial charge is 0.0480 e. The second-order valence-corrected chi connectivity index (χ2v) is 6.19. The number of benzene rings is 2. The van der Waals surface area contributed by atoms with E-state index in [1.165, 1.54) is 27.6 Å². The summed E-state index contributed by atoms with van der Waals surface area (Å²) in [7, 11) is 4.33. The molecule has 0 saturated heterocycles. The number of hydrogen-bond acceptors (Lipinski definition) is 1. The van der Waals surface area contributed by atoms with Gasteiger partial charge in [0.1, 0.15) is 0 Å². The van der Waals surface area contributed by atoms with Crippen LogP contribution in [0.15, 0.2) is 54.7 Å². The van der Waals surface area contributed by atoms with E-state index in [0.29, 0.717) is 5.92 Å². The van der Waals surface area contributed by atoms with Crippen LogP contribution in [0.5, 0.6) is 0 Å². The molecule has 1 atom stereocenters. The number of nitrogens with zero attached hydrogens (tertiary/aromatic N) is 2. The second-order valence-electron chi connectivity index (χ2n) is 6.19. The summed E-state index contributed by atoms with van der Waals surface area (Å²) in [6.07, 6.45) is 2.13. The van der Waals surface area contributed by atoms with Gasteiger partial charge < -0.3 is 9.47 Å². The standard InChI is InChI=1S/C19H20N2/c1-20-12-16-5-3-4-6-17(16)18(13-20)15-8-7-14-9-10-21(2)19(14)11-15/h3-11,18H,12-13H2,1-2H3. The lowest BCUT2D eigenvalue weighted by atomic mass is 9.84. The zero-order valence-corrected chi connectivity index (χ0v) is 12.6. The van der Waals surface area contributed by atoms with Crippen LogP contribution in [-0.4, -0.2) is 23.1 Å². The molecule has 21 heavy (non-hydrogen) atoms. The third-order valence-corrected chi connectivity index (χ3v) is 4.68. The first-order valence-corrected chi connectivity index (χ1v) is 7.54. The lowest BCUT2D eigenvalue weighted by Gasteiger charge is -2.32. The minimum Gasteiger partial charge on any atom is -0.351 e. The molecule has 106 valence electrons. The fourth-order valence-corrected chi connectivity index (χ4v) is 3.56. The number of rotatable bonds is 1. The van der Waals surface area contributed by atoms with Crippen molar-refractivity contribution in [2.24, 2.45) is 7.05 Å². The highest BCUT2D eigenvalue weighted by atomic mass is 15.1. The minimum atomic E-state index is 0.472. The number of aromatic nitrogens is 1. The van der Waals surface area contributed by atoms with Gasteiger partial charge >= 0.3 is 0 Å². The summed E-state index contributed by atoms with van der Waals surface area (Å²) in [5, 5.41) is 1.32. The highest BCUT2D eigenvalue weighted by Gasteiger charge is 2.24. The summed E-state index contributed by atoms with van der Waals surface area (Å²) in [4.78, 5) is 2.42. The molecule has 0 fully saturated rings. The van der Waals surface area contributed by atoms with Gasteiger partial charge in [-0.1, -0.05) is 36.4 Å². The normalized spacial score (nSPS) is 18.9. The molecule has 2 heterocycles. The maximum Gasteiger partial charge on any atom is 0.0480 e. The first-order valence-electron chi connectivity index (χ1n) is 7.54. The van der Waals surface area contributed by atoms with E-state index in [1.807, 2.05) is 0 Å². The highest BCUT2D eigenvalue weighted by molar-refractivity contribution is 5.81. The third kappa shape index (κ3) is 2.07. The van der Waals surface area contributed by atoms with Gasteiger partial charge in [-0.05, 0) is 41.3 Å². The summed E-state index contributed by atoms with van der Waals surface area (Å²) in [5.41, 5.74) is 5.69. The lowest BCUT2D eigenvalue weighted by Crippen LogP contribution is -2.30. The quantitative estimate of drug-likeness (QED) is 0.657. The topological polar surface area (TPSA) is 8.17 Å². The van der Waals surface area contributed by atoms with Gasteiger partial charge in [-0.25, -0.2) is 0 Å². The Hall–Kier alpha value is -2.06. The van der Waals surface area contributed by atoms with Crippen molar-refractivity contribution in [3.05, 3.63) is 71.4 Å². The minimum absolute atomic E-state index is 0.472. The zero-order chi connectivity index (χ0) is 14.4. The molecular weight excluding hydrogens is 256 g/mol. The van der Waals surface area contributed by atoms with Gasteiger partial charge in [0, 0.05) is 37.8 Å². The zero-order valence-electron chi connectivity index (χ0n) is 12.6. The molecular formula is C19H20N2. The predicted octanol–water partition coefficient (Wildman–Crippen LogP) is 3.76. The molecule has 1 aromatic heterocycles. The van der Waals surface area contributed by atoms with Crippen molar-refractivity contribution < 1.29 is 0 Å². The molecule has 0 N–H and O–H groups in total. The largest absolute Gasteiger partial charge is 0.351 e. The van der Waals surface area contributed by atoms with E-state index in [-0.39, 0.29) is 0 Å². The average Bonchev–Trinajstić information content (AvgIpc) is 2.87. The Morgan fingerprint density at radius 3 is 2.76 bits per heavy atom. The Kier molecular flexibility index (Phi) is 2.86. The van der Waals surface area contributed by atoms with E-state index < -0.39 is 0 Å². The molecule has 4 rings (SSSR count). The Morgan fingerprint density at radius 1 is 1.00 bits per heavy atom. The van der Waals surface area contributed by atoms with Crippen molar-refractivity contribution in [3.63, 3.8) is 0 Å². The van der Waals surface area contributed by atoms with Crippen LogP contribution in [0, 0.1) is 0 Å². The van der Waals surface area contributed by atoms with Crippen LogP contribution in [0.3, 0.4) is 0 Å². The highest BCUT2D eigenvalue weighted by Crippen LogP contribution is 2.34. The van der Waals surface area contributed by atoms with E-state index in [4.69, 9.17) is 0 Å². The molecule has 1 unspecified atom stereocenters. The van der Waals surface area contributed by atoms with Crippen LogP contribution in [-0.2, 0) is 13.6 Å². The van der Waals surface area contributed by atoms with Gasteiger partial charge in [0.25, 0.3) is 0 Å². The van der Waals surface area contributed by atoms with Gasteiger partial charge in [-0.2, -0.15) is 0 Å². The molecule has 1 aliphatic heterocycles. The molecule has 0 amide bonds. The Balaban J connectivity index is 1.86. The van der Waals surface area contributed by atoms with E-state index >= 15 is 0 Å². The number of fused-ring (bicyclic) bond motifs is 2. The van der Waals surface area contributed by atoms with Gasteiger partial charge in [0.15, 0.2) is 0 Å². The molecule has 0 saturated carbocycles. The van der Waals surface area contributed by atoms with Crippen LogP contribution in [0.1, 0.15) is 22.6 Å². The second kappa shape index (κ2) is 4.74. The summed E-state index contributed by atoms with van der Waals surface area (Å²) in [6.45, 7) is 2.14. The van der Waals surface area contributed by atoms with E-state index in [2.05, 4.69) is 78.3 Å². The molecule has 2 nitrogen and oxygen atoms in total. The molecule has 2 heteroatoms. The summed E-state index contributed by atoms with van der Waals surface area (Å²) in [6, 6.07) is 18.0. The fraction of sp³-hybridized carbons (Fsp3) is 0.263. The molecule has 0 bridgehead atoms. The monoisotopic (exact) mass is 276 g/mol. The van der Waals surface area contributed by atoms with Crippen LogP contribution in [0.2, 0.25) is 0 Å². The van der Waals surface area contributed by atoms with Crippen molar-refractivity contribution in [2.75, 3.05) is 13.6 Å². The maximum absolute atomic E-state index is 2.42. The number of likely N-dealkylation sites (N-methyl/N-ethyl adjacent to an activating group) is 1. The lowest BCUT2D eigenvalue weighted by molar-refractivity contribution is 0.295. The fourth-order valence-electron chi connectivity index (χ4n) is 3.56. The van der Waals surface area contributed by atoms with E-state index in [9.17, 15) is 0 Å². The molecule has 0 spiro atoms. The van der Waals surface area contributed by atoms with Crippen LogP contribution < -0.4 is 0 Å². The van der Waals surface area contributed by atoms with Crippen LogP contribution in [0.25, 0.3) is 10.9 Å². The molecule has 3 aromatic rings. The van der Waals surface area contributed by atoms with Crippen molar-refractivity contribution in [1.82, 2.24) is 9.47 Å². The van der Waals surface area contributed by atoms with Gasteiger partial charge in [-0.3, -0.25) is 0 Å². The van der Waals surface area contributed by atoms with Crippen molar-refractivity contribution in [2.45, 2.75) is 12.5 Å². The van der Waals surface area contributed by atoms with Crippen molar-refractivity contribution in [1.29, 1.82) is 0 Å². The number of hydrogen-bond donors (Lipinski definition) is 0. The third-order valence-electron chi connectivity index (χ3n) is 4.68. The van der Waals surface area contributed by atoms with E-state index in [1.54, 1.807) is 0 Å².